The third-order valence-electron chi connectivity index (χ3n) is 8.90. The Labute approximate surface area is 259 Å². The number of amides is 4. The molecule has 1 N–H and O–H groups in total. The molecule has 2 aliphatic rings. The summed E-state index contributed by atoms with van der Waals surface area (Å²) in [7, 11) is 3.67. The van der Waals surface area contributed by atoms with E-state index >= 15 is 4.39 Å². The van der Waals surface area contributed by atoms with E-state index in [0.717, 1.165) is 24.1 Å². The standard InChI is InChI=1S/C30H32F8N4O4/c1-39(21-11-17(29(33,34)35)10-18(12-21)30(36,37)38)27(44)41(3)25-15-42(14-23(25)22-9-6-19(31)13-24(22)32)26(43)16-4-7-20(8-5-16)40(2)28(45)46/h6,9-13,16,20,23,25H,4-5,7-8,14-15H2,1-3H3,(H,45,46)/t16?,20?,23-,25+/m0/s1. The predicted octanol–water partition coefficient (Wildman–Crippen LogP) is 6.65. The Bertz CT molecular complexity index is 1440. The highest BCUT2D eigenvalue weighted by molar-refractivity contribution is 5.92. The van der Waals surface area contributed by atoms with Gasteiger partial charge in [0.2, 0.25) is 5.91 Å². The van der Waals surface area contributed by atoms with Crippen LogP contribution in [-0.2, 0) is 17.1 Å². The molecule has 1 heterocycles. The van der Waals surface area contributed by atoms with Crippen molar-refractivity contribution in [3.63, 3.8) is 0 Å². The fourth-order valence-electron chi connectivity index (χ4n) is 6.21. The van der Waals surface area contributed by atoms with Gasteiger partial charge in [-0.05, 0) is 55.5 Å². The second-order valence-electron chi connectivity index (χ2n) is 11.7. The summed E-state index contributed by atoms with van der Waals surface area (Å²) in [5.74, 6) is -3.57. The molecule has 0 bridgehead atoms. The Balaban J connectivity index is 1.61. The summed E-state index contributed by atoms with van der Waals surface area (Å²) in [5, 5.41) is 9.26. The molecule has 0 aromatic heterocycles. The number of rotatable bonds is 5. The fourth-order valence-corrected chi connectivity index (χ4v) is 6.21. The topological polar surface area (TPSA) is 84.4 Å². The van der Waals surface area contributed by atoms with Crippen LogP contribution in [0.25, 0.3) is 0 Å². The lowest BCUT2D eigenvalue weighted by atomic mass is 9.84. The molecular formula is C30H32F8N4O4. The Morgan fingerprint density at radius 2 is 1.37 bits per heavy atom. The van der Waals surface area contributed by atoms with Gasteiger partial charge in [0.1, 0.15) is 11.6 Å². The van der Waals surface area contributed by atoms with Crippen LogP contribution in [0.1, 0.15) is 48.3 Å². The molecule has 16 heteroatoms. The second kappa shape index (κ2) is 12.9. The van der Waals surface area contributed by atoms with Crippen molar-refractivity contribution in [2.45, 2.75) is 56.0 Å². The second-order valence-corrected chi connectivity index (χ2v) is 11.7. The fraction of sp³-hybridized carbons (Fsp3) is 0.500. The van der Waals surface area contributed by atoms with E-state index in [4.69, 9.17) is 0 Å². The molecular weight excluding hydrogens is 632 g/mol. The minimum Gasteiger partial charge on any atom is -0.465 e. The van der Waals surface area contributed by atoms with Gasteiger partial charge in [-0.2, -0.15) is 26.3 Å². The summed E-state index contributed by atoms with van der Waals surface area (Å²) in [5.41, 5.74) is -3.97. The Hall–Kier alpha value is -4.11. The minimum absolute atomic E-state index is 0.0331. The number of carbonyl (C=O) groups is 3. The summed E-state index contributed by atoms with van der Waals surface area (Å²) in [6.07, 6.45) is -9.81. The molecule has 2 aromatic carbocycles. The molecule has 1 saturated carbocycles. The summed E-state index contributed by atoms with van der Waals surface area (Å²) in [6, 6.07) is 1.23. The Kier molecular flexibility index (Phi) is 9.78. The summed E-state index contributed by atoms with van der Waals surface area (Å²) < 4.78 is 110. The molecule has 0 unspecified atom stereocenters. The van der Waals surface area contributed by atoms with Crippen LogP contribution in [0, 0.1) is 17.6 Å². The van der Waals surface area contributed by atoms with Gasteiger partial charge < -0.3 is 19.8 Å². The van der Waals surface area contributed by atoms with Crippen molar-refractivity contribution >= 4 is 23.7 Å². The van der Waals surface area contributed by atoms with E-state index in [2.05, 4.69) is 0 Å². The zero-order valence-electron chi connectivity index (χ0n) is 25.0. The molecule has 4 amide bonds. The lowest BCUT2D eigenvalue weighted by Crippen LogP contribution is -2.48. The number of hydrogen-bond acceptors (Lipinski definition) is 3. The van der Waals surface area contributed by atoms with E-state index < -0.39 is 70.8 Å². The number of carboxylic acid groups (broad SMARTS) is 1. The molecule has 2 atom stereocenters. The maximum atomic E-state index is 15.0. The van der Waals surface area contributed by atoms with Gasteiger partial charge in [0.15, 0.2) is 0 Å². The smallest absolute Gasteiger partial charge is 0.416 e. The maximum Gasteiger partial charge on any atom is 0.416 e. The SMILES string of the molecule is CN(C(=O)N(C)[C@@H]1CN(C(=O)C2CCC(N(C)C(=O)O)CC2)C[C@H]1c1ccc(F)cc1F)c1cc(C(F)(F)F)cc(C(F)(F)F)c1. The highest BCUT2D eigenvalue weighted by atomic mass is 19.4. The first kappa shape index (κ1) is 34.8. The van der Waals surface area contributed by atoms with Crippen LogP contribution in [0.2, 0.25) is 0 Å². The zero-order chi connectivity index (χ0) is 34.3. The molecule has 2 aromatic rings. The molecule has 0 radical (unpaired) electrons. The third-order valence-corrected chi connectivity index (χ3v) is 8.90. The largest absolute Gasteiger partial charge is 0.465 e. The molecule has 2 fully saturated rings. The molecule has 1 aliphatic carbocycles. The lowest BCUT2D eigenvalue weighted by Gasteiger charge is -2.34. The maximum absolute atomic E-state index is 15.0. The quantitative estimate of drug-likeness (QED) is 0.363. The molecule has 4 rings (SSSR count). The molecule has 1 aliphatic heterocycles. The van der Waals surface area contributed by atoms with Crippen molar-refractivity contribution in [2.24, 2.45) is 5.92 Å². The number of alkyl halides is 6. The van der Waals surface area contributed by atoms with Gasteiger partial charge in [0, 0.05) is 63.9 Å². The van der Waals surface area contributed by atoms with Crippen molar-refractivity contribution < 1.29 is 54.6 Å². The average molecular weight is 665 g/mol. The Morgan fingerprint density at radius 1 is 0.804 bits per heavy atom. The number of likely N-dealkylation sites (tertiary alicyclic amines) is 1. The van der Waals surface area contributed by atoms with E-state index in [1.165, 1.54) is 23.9 Å². The van der Waals surface area contributed by atoms with Crippen LogP contribution in [0.4, 0.5) is 50.4 Å². The van der Waals surface area contributed by atoms with Crippen molar-refractivity contribution in [3.05, 3.63) is 64.7 Å². The minimum atomic E-state index is -5.15. The van der Waals surface area contributed by atoms with Gasteiger partial charge in [-0.15, -0.1) is 0 Å². The number of nitrogens with zero attached hydrogens (tertiary/aromatic N) is 4. The van der Waals surface area contributed by atoms with E-state index in [-0.39, 0.29) is 36.7 Å². The first-order valence-electron chi connectivity index (χ1n) is 14.3. The zero-order valence-corrected chi connectivity index (χ0v) is 25.0. The van der Waals surface area contributed by atoms with Crippen molar-refractivity contribution in [1.82, 2.24) is 14.7 Å². The number of anilines is 1. The van der Waals surface area contributed by atoms with Gasteiger partial charge in [0.05, 0.1) is 17.2 Å². The highest BCUT2D eigenvalue weighted by Crippen LogP contribution is 2.40. The van der Waals surface area contributed by atoms with E-state index in [1.54, 1.807) is 0 Å². The summed E-state index contributed by atoms with van der Waals surface area (Å²) >= 11 is 0. The molecule has 252 valence electrons. The van der Waals surface area contributed by atoms with Gasteiger partial charge in [-0.25, -0.2) is 18.4 Å². The number of halogens is 8. The summed E-state index contributed by atoms with van der Waals surface area (Å²) in [6.45, 7) is -0.258. The van der Waals surface area contributed by atoms with E-state index in [0.29, 0.717) is 48.8 Å². The van der Waals surface area contributed by atoms with Gasteiger partial charge >= 0.3 is 24.5 Å². The summed E-state index contributed by atoms with van der Waals surface area (Å²) in [4.78, 5) is 42.7. The van der Waals surface area contributed by atoms with Gasteiger partial charge in [0.25, 0.3) is 0 Å². The number of urea groups is 1. The lowest BCUT2D eigenvalue weighted by molar-refractivity contribution is -0.143. The van der Waals surface area contributed by atoms with Crippen molar-refractivity contribution in [2.75, 3.05) is 39.1 Å². The Morgan fingerprint density at radius 3 is 1.87 bits per heavy atom. The van der Waals surface area contributed by atoms with E-state index in [1.807, 2.05) is 0 Å². The normalized spacial score (nSPS) is 22.0. The first-order chi connectivity index (χ1) is 21.3. The number of hydrogen-bond donors (Lipinski definition) is 1. The van der Waals surface area contributed by atoms with Crippen LogP contribution >= 0.6 is 0 Å². The van der Waals surface area contributed by atoms with Crippen LogP contribution in [-0.4, -0.2) is 84.2 Å². The highest BCUT2D eigenvalue weighted by Gasteiger charge is 2.44. The third kappa shape index (κ3) is 7.30. The van der Waals surface area contributed by atoms with Crippen molar-refractivity contribution in [1.29, 1.82) is 0 Å². The molecule has 8 nitrogen and oxygen atoms in total. The molecule has 0 spiro atoms. The number of benzene rings is 2. The van der Waals surface area contributed by atoms with Crippen LogP contribution in [0.3, 0.4) is 0 Å². The van der Waals surface area contributed by atoms with Gasteiger partial charge in [-0.1, -0.05) is 6.07 Å². The van der Waals surface area contributed by atoms with Crippen LogP contribution in [0.15, 0.2) is 36.4 Å². The van der Waals surface area contributed by atoms with Crippen molar-refractivity contribution in [3.8, 4) is 0 Å². The van der Waals surface area contributed by atoms with Crippen LogP contribution in [0.5, 0.6) is 0 Å². The van der Waals surface area contributed by atoms with Crippen LogP contribution < -0.4 is 4.90 Å². The molecule has 1 saturated heterocycles. The molecule has 46 heavy (non-hydrogen) atoms. The first-order valence-corrected chi connectivity index (χ1v) is 14.3. The van der Waals surface area contributed by atoms with E-state index in [9.17, 15) is 50.2 Å². The monoisotopic (exact) mass is 664 g/mol. The predicted molar refractivity (Wildman–Crippen MR) is 149 cm³/mol. The van der Waals surface area contributed by atoms with Gasteiger partial charge in [-0.3, -0.25) is 9.69 Å². The number of carbonyl (C=O) groups excluding carboxylic acids is 2. The number of likely N-dealkylation sites (N-methyl/N-ethyl adjacent to an activating group) is 1. The average Bonchev–Trinajstić information content (AvgIpc) is 3.43.